The summed E-state index contributed by atoms with van der Waals surface area (Å²) >= 11 is 11.5. The quantitative estimate of drug-likeness (QED) is 0.486. The van der Waals surface area contributed by atoms with E-state index in [1.165, 1.54) is 6.20 Å². The first-order valence-corrected chi connectivity index (χ1v) is 5.49. The molecule has 6 heteroatoms. The van der Waals surface area contributed by atoms with E-state index in [2.05, 4.69) is 21.9 Å². The number of anilines is 1. The van der Waals surface area contributed by atoms with Crippen LogP contribution in [0.5, 0.6) is 0 Å². The fraction of sp³-hybridized carbons (Fsp3) is 0.400. The molecule has 1 heterocycles. The van der Waals surface area contributed by atoms with Crippen molar-refractivity contribution >= 4 is 29.0 Å². The second kappa shape index (κ2) is 6.68. The van der Waals surface area contributed by atoms with E-state index in [1.807, 2.05) is 6.92 Å². The fourth-order valence-electron chi connectivity index (χ4n) is 0.958. The summed E-state index contributed by atoms with van der Waals surface area (Å²) in [5.41, 5.74) is 0.989. The van der Waals surface area contributed by atoms with Gasteiger partial charge in [-0.05, 0) is 18.5 Å². The van der Waals surface area contributed by atoms with Crippen molar-refractivity contribution in [3.63, 3.8) is 0 Å². The van der Waals surface area contributed by atoms with Crippen LogP contribution in [0.2, 0.25) is 10.3 Å². The molecule has 0 unspecified atom stereocenters. The molecule has 0 spiro atoms. The normalized spacial score (nSPS) is 10.2. The third kappa shape index (κ3) is 4.79. The molecule has 0 atom stereocenters. The third-order valence-corrected chi connectivity index (χ3v) is 2.06. The first-order chi connectivity index (χ1) is 7.59. The summed E-state index contributed by atoms with van der Waals surface area (Å²) in [5.74, 6) is 0.514. The van der Waals surface area contributed by atoms with Crippen LogP contribution in [-0.4, -0.2) is 29.7 Å². The van der Waals surface area contributed by atoms with Gasteiger partial charge in [-0.15, -0.1) is 0 Å². The molecule has 1 N–H and O–H groups in total. The van der Waals surface area contributed by atoms with Gasteiger partial charge < -0.3 is 10.1 Å². The summed E-state index contributed by atoms with van der Waals surface area (Å²) in [6.45, 7) is 7.34. The van der Waals surface area contributed by atoms with Crippen molar-refractivity contribution < 1.29 is 4.74 Å². The molecule has 0 amide bonds. The van der Waals surface area contributed by atoms with Gasteiger partial charge >= 0.3 is 0 Å². The number of ether oxygens (including phenoxy) is 1. The molecular formula is C10H13Cl2N3O. The summed E-state index contributed by atoms with van der Waals surface area (Å²) in [6.07, 6.45) is 1.45. The van der Waals surface area contributed by atoms with Gasteiger partial charge in [0.05, 0.1) is 19.4 Å². The van der Waals surface area contributed by atoms with Crippen LogP contribution in [0.25, 0.3) is 0 Å². The minimum Gasteiger partial charge on any atom is -0.375 e. The van der Waals surface area contributed by atoms with E-state index in [0.717, 1.165) is 5.57 Å². The van der Waals surface area contributed by atoms with Gasteiger partial charge in [0.1, 0.15) is 10.8 Å². The molecule has 16 heavy (non-hydrogen) atoms. The van der Waals surface area contributed by atoms with Gasteiger partial charge in [0, 0.05) is 6.54 Å². The Balaban J connectivity index is 2.31. The lowest BCUT2D eigenvalue weighted by atomic mass is 10.4. The highest BCUT2D eigenvalue weighted by Gasteiger charge is 2.02. The zero-order chi connectivity index (χ0) is 12.0. The Kier molecular flexibility index (Phi) is 5.52. The standard InChI is InChI=1S/C10H13Cl2N3O/c1-7(2)6-16-4-3-13-9-8(11)5-14-10(12)15-9/h5H,1,3-4,6H2,2H3,(H,13,14,15). The lowest BCUT2D eigenvalue weighted by molar-refractivity contribution is 0.167. The van der Waals surface area contributed by atoms with Crippen molar-refractivity contribution in [1.29, 1.82) is 0 Å². The van der Waals surface area contributed by atoms with E-state index in [4.69, 9.17) is 27.9 Å². The van der Waals surface area contributed by atoms with E-state index in [0.29, 0.717) is 30.6 Å². The zero-order valence-corrected chi connectivity index (χ0v) is 10.5. The molecular weight excluding hydrogens is 249 g/mol. The van der Waals surface area contributed by atoms with Gasteiger partial charge in [0.25, 0.3) is 0 Å². The lowest BCUT2D eigenvalue weighted by Crippen LogP contribution is -2.11. The smallest absolute Gasteiger partial charge is 0.224 e. The first-order valence-electron chi connectivity index (χ1n) is 4.73. The first kappa shape index (κ1) is 13.2. The number of nitrogens with one attached hydrogen (secondary N) is 1. The maximum Gasteiger partial charge on any atom is 0.224 e. The summed E-state index contributed by atoms with van der Waals surface area (Å²) in [4.78, 5) is 7.69. The summed E-state index contributed by atoms with van der Waals surface area (Å²) in [7, 11) is 0. The summed E-state index contributed by atoms with van der Waals surface area (Å²) in [6, 6.07) is 0. The van der Waals surface area contributed by atoms with Crippen LogP contribution in [0, 0.1) is 0 Å². The molecule has 0 bridgehead atoms. The fourth-order valence-corrected chi connectivity index (χ4v) is 1.25. The van der Waals surface area contributed by atoms with Gasteiger partial charge in [0.2, 0.25) is 5.28 Å². The molecule has 0 saturated heterocycles. The third-order valence-electron chi connectivity index (χ3n) is 1.60. The molecule has 0 radical (unpaired) electrons. The van der Waals surface area contributed by atoms with Crippen molar-refractivity contribution in [2.75, 3.05) is 25.1 Å². The Bertz CT molecular complexity index is 371. The molecule has 88 valence electrons. The number of rotatable bonds is 6. The minimum atomic E-state index is 0.162. The highest BCUT2D eigenvalue weighted by molar-refractivity contribution is 6.33. The molecule has 1 aromatic heterocycles. The van der Waals surface area contributed by atoms with Gasteiger partial charge in [-0.3, -0.25) is 0 Å². The van der Waals surface area contributed by atoms with Crippen molar-refractivity contribution in [3.8, 4) is 0 Å². The van der Waals surface area contributed by atoms with E-state index < -0.39 is 0 Å². The van der Waals surface area contributed by atoms with Crippen molar-refractivity contribution in [2.24, 2.45) is 0 Å². The Morgan fingerprint density at radius 2 is 2.31 bits per heavy atom. The highest BCUT2D eigenvalue weighted by Crippen LogP contribution is 2.18. The van der Waals surface area contributed by atoms with Gasteiger partial charge in [-0.2, -0.15) is 4.98 Å². The van der Waals surface area contributed by atoms with Crippen LogP contribution in [0.3, 0.4) is 0 Å². The minimum absolute atomic E-state index is 0.162. The number of hydrogen-bond donors (Lipinski definition) is 1. The van der Waals surface area contributed by atoms with Gasteiger partial charge in [0.15, 0.2) is 0 Å². The number of nitrogens with zero attached hydrogens (tertiary/aromatic N) is 2. The van der Waals surface area contributed by atoms with Gasteiger partial charge in [-0.25, -0.2) is 4.98 Å². The van der Waals surface area contributed by atoms with Crippen LogP contribution in [0.4, 0.5) is 5.82 Å². The second-order valence-electron chi connectivity index (χ2n) is 3.27. The average molecular weight is 262 g/mol. The van der Waals surface area contributed by atoms with Crippen LogP contribution in [0.1, 0.15) is 6.92 Å². The monoisotopic (exact) mass is 261 g/mol. The zero-order valence-electron chi connectivity index (χ0n) is 8.96. The number of hydrogen-bond acceptors (Lipinski definition) is 4. The second-order valence-corrected chi connectivity index (χ2v) is 4.02. The van der Waals surface area contributed by atoms with Crippen LogP contribution in [0.15, 0.2) is 18.3 Å². The number of halogens is 2. The van der Waals surface area contributed by atoms with Crippen molar-refractivity contribution in [1.82, 2.24) is 9.97 Å². The molecule has 0 aromatic carbocycles. The topological polar surface area (TPSA) is 47.0 Å². The van der Waals surface area contributed by atoms with E-state index in [1.54, 1.807) is 0 Å². The number of aromatic nitrogens is 2. The van der Waals surface area contributed by atoms with Crippen LogP contribution >= 0.6 is 23.2 Å². The van der Waals surface area contributed by atoms with Crippen molar-refractivity contribution in [3.05, 3.63) is 28.7 Å². The molecule has 1 rings (SSSR count). The van der Waals surface area contributed by atoms with E-state index in [9.17, 15) is 0 Å². The molecule has 0 fully saturated rings. The highest BCUT2D eigenvalue weighted by atomic mass is 35.5. The van der Waals surface area contributed by atoms with Crippen LogP contribution < -0.4 is 5.32 Å². The van der Waals surface area contributed by atoms with E-state index >= 15 is 0 Å². The lowest BCUT2D eigenvalue weighted by Gasteiger charge is -2.07. The molecule has 0 aliphatic carbocycles. The van der Waals surface area contributed by atoms with E-state index in [-0.39, 0.29) is 5.28 Å². The molecule has 0 aliphatic heterocycles. The average Bonchev–Trinajstić information content (AvgIpc) is 2.22. The van der Waals surface area contributed by atoms with Gasteiger partial charge in [-0.1, -0.05) is 23.8 Å². The largest absolute Gasteiger partial charge is 0.375 e. The Morgan fingerprint density at radius 1 is 1.56 bits per heavy atom. The summed E-state index contributed by atoms with van der Waals surface area (Å²) < 4.78 is 5.31. The molecule has 4 nitrogen and oxygen atoms in total. The molecule has 0 aliphatic rings. The summed E-state index contributed by atoms with van der Waals surface area (Å²) in [5, 5.41) is 3.60. The molecule has 0 saturated carbocycles. The predicted molar refractivity (Wildman–Crippen MR) is 66.2 cm³/mol. The Morgan fingerprint density at radius 3 is 3.00 bits per heavy atom. The Hall–Kier alpha value is -0.840. The molecule has 1 aromatic rings. The van der Waals surface area contributed by atoms with Crippen molar-refractivity contribution in [2.45, 2.75) is 6.92 Å². The Labute approximate surface area is 105 Å². The predicted octanol–water partition coefficient (Wildman–Crippen LogP) is 2.79. The van der Waals surface area contributed by atoms with Crippen LogP contribution in [-0.2, 0) is 4.74 Å². The SMILES string of the molecule is C=C(C)COCCNc1nc(Cl)ncc1Cl. The maximum atomic E-state index is 5.86. The maximum absolute atomic E-state index is 5.86.